The summed E-state index contributed by atoms with van der Waals surface area (Å²) < 4.78 is 9.99. The molecule has 1 aliphatic carbocycles. The van der Waals surface area contributed by atoms with Gasteiger partial charge >= 0.3 is 5.97 Å². The van der Waals surface area contributed by atoms with Crippen molar-refractivity contribution in [2.75, 3.05) is 6.61 Å². The number of aromatic nitrogens is 1. The van der Waals surface area contributed by atoms with Crippen LogP contribution >= 0.6 is 0 Å². The molecule has 0 N–H and O–H groups in total. The molecule has 0 aliphatic heterocycles. The quantitative estimate of drug-likeness (QED) is 0.674. The molecule has 0 fully saturated rings. The molecule has 0 amide bonds. The van der Waals surface area contributed by atoms with Crippen LogP contribution in [0.4, 0.5) is 0 Å². The zero-order chi connectivity index (χ0) is 9.97. The van der Waals surface area contributed by atoms with Gasteiger partial charge in [-0.1, -0.05) is 5.16 Å². The van der Waals surface area contributed by atoms with Gasteiger partial charge in [0.25, 0.3) is 0 Å². The minimum atomic E-state index is -0.362. The third kappa shape index (κ3) is 1.52. The van der Waals surface area contributed by atoms with Crippen molar-refractivity contribution in [3.8, 4) is 0 Å². The molecule has 0 aromatic carbocycles. The smallest absolute Gasteiger partial charge is 0.360 e. The first kappa shape index (κ1) is 9.24. The maximum Gasteiger partial charge on any atom is 0.360 e. The summed E-state index contributed by atoms with van der Waals surface area (Å²) in [6.45, 7) is 2.16. The fourth-order valence-corrected chi connectivity index (χ4v) is 1.74. The third-order valence-electron chi connectivity index (χ3n) is 2.42. The number of carbonyl (C=O) groups excluding carboxylic acids is 1. The summed E-state index contributed by atoms with van der Waals surface area (Å²) in [5, 5.41) is 3.77. The number of ether oxygens (including phenoxy) is 1. The van der Waals surface area contributed by atoms with E-state index in [1.807, 2.05) is 0 Å². The molecule has 2 rings (SSSR count). The number of aryl methyl sites for hydroxylation is 1. The summed E-state index contributed by atoms with van der Waals surface area (Å²) >= 11 is 0. The van der Waals surface area contributed by atoms with Gasteiger partial charge in [0, 0.05) is 12.0 Å². The maximum atomic E-state index is 11.4. The van der Waals surface area contributed by atoms with Gasteiger partial charge < -0.3 is 9.26 Å². The van der Waals surface area contributed by atoms with Crippen LogP contribution in [0.15, 0.2) is 4.52 Å². The minimum absolute atomic E-state index is 0.362. The van der Waals surface area contributed by atoms with Gasteiger partial charge in [-0.3, -0.25) is 0 Å². The Bertz CT molecular complexity index is 343. The van der Waals surface area contributed by atoms with Crippen LogP contribution in [0.2, 0.25) is 0 Å². The first-order chi connectivity index (χ1) is 6.83. The second-order valence-corrected chi connectivity index (χ2v) is 3.36. The summed E-state index contributed by atoms with van der Waals surface area (Å²) in [6.07, 6.45) is 3.99. The van der Waals surface area contributed by atoms with Gasteiger partial charge in [-0.15, -0.1) is 0 Å². The Balaban J connectivity index is 2.25. The lowest BCUT2D eigenvalue weighted by Gasteiger charge is -2.08. The van der Waals surface area contributed by atoms with E-state index in [4.69, 9.17) is 9.26 Å². The summed E-state index contributed by atoms with van der Waals surface area (Å²) in [5.41, 5.74) is 1.33. The largest absolute Gasteiger partial charge is 0.461 e. The normalized spacial score (nSPS) is 14.9. The van der Waals surface area contributed by atoms with Crippen LogP contribution in [0.25, 0.3) is 0 Å². The molecule has 0 unspecified atom stereocenters. The minimum Gasteiger partial charge on any atom is -0.461 e. The zero-order valence-corrected chi connectivity index (χ0v) is 8.21. The summed E-state index contributed by atoms with van der Waals surface area (Å²) in [4.78, 5) is 11.4. The van der Waals surface area contributed by atoms with Crippen molar-refractivity contribution in [1.82, 2.24) is 5.16 Å². The molecule has 0 radical (unpaired) electrons. The maximum absolute atomic E-state index is 11.4. The van der Waals surface area contributed by atoms with E-state index in [-0.39, 0.29) is 5.97 Å². The van der Waals surface area contributed by atoms with Crippen LogP contribution in [0.5, 0.6) is 0 Å². The van der Waals surface area contributed by atoms with Gasteiger partial charge in [-0.05, 0) is 26.2 Å². The van der Waals surface area contributed by atoms with Crippen LogP contribution in [0, 0.1) is 0 Å². The summed E-state index contributed by atoms with van der Waals surface area (Å²) in [5.74, 6) is 0.499. The second-order valence-electron chi connectivity index (χ2n) is 3.36. The van der Waals surface area contributed by atoms with Crippen molar-refractivity contribution in [2.24, 2.45) is 0 Å². The van der Waals surface area contributed by atoms with Gasteiger partial charge in [-0.25, -0.2) is 4.79 Å². The third-order valence-corrected chi connectivity index (χ3v) is 2.42. The molecule has 0 spiro atoms. The molecule has 76 valence electrons. The molecule has 0 atom stereocenters. The SMILES string of the molecule is CCOC(=O)c1noc2c1CCCC2. The molecule has 4 nitrogen and oxygen atoms in total. The van der Waals surface area contributed by atoms with Crippen molar-refractivity contribution in [1.29, 1.82) is 0 Å². The van der Waals surface area contributed by atoms with Gasteiger partial charge in [0.2, 0.25) is 0 Å². The molecular weight excluding hydrogens is 182 g/mol. The highest BCUT2D eigenvalue weighted by atomic mass is 16.5. The van der Waals surface area contributed by atoms with E-state index in [9.17, 15) is 4.79 Å². The highest BCUT2D eigenvalue weighted by Gasteiger charge is 2.24. The van der Waals surface area contributed by atoms with E-state index in [0.717, 1.165) is 37.0 Å². The summed E-state index contributed by atoms with van der Waals surface area (Å²) in [7, 11) is 0. The Morgan fingerprint density at radius 3 is 3.07 bits per heavy atom. The van der Waals surface area contributed by atoms with Gasteiger partial charge in [0.05, 0.1) is 6.61 Å². The molecule has 4 heteroatoms. The first-order valence-corrected chi connectivity index (χ1v) is 4.97. The molecule has 0 saturated heterocycles. The number of hydrogen-bond donors (Lipinski definition) is 0. The molecule has 0 bridgehead atoms. The average Bonchev–Trinajstić information content (AvgIpc) is 2.61. The lowest BCUT2D eigenvalue weighted by molar-refractivity contribution is 0.0513. The fraction of sp³-hybridized carbons (Fsp3) is 0.600. The molecular formula is C10H13NO3. The topological polar surface area (TPSA) is 52.3 Å². The zero-order valence-electron chi connectivity index (χ0n) is 8.21. The Morgan fingerprint density at radius 2 is 2.29 bits per heavy atom. The number of esters is 1. The van der Waals surface area contributed by atoms with Gasteiger partial charge in [0.1, 0.15) is 5.76 Å². The predicted octanol–water partition coefficient (Wildman–Crippen LogP) is 1.73. The van der Waals surface area contributed by atoms with Crippen LogP contribution in [-0.4, -0.2) is 17.7 Å². The first-order valence-electron chi connectivity index (χ1n) is 4.97. The van der Waals surface area contributed by atoms with Crippen LogP contribution in [0.1, 0.15) is 41.6 Å². The van der Waals surface area contributed by atoms with E-state index in [2.05, 4.69) is 5.16 Å². The Morgan fingerprint density at radius 1 is 1.50 bits per heavy atom. The van der Waals surface area contributed by atoms with Crippen molar-refractivity contribution >= 4 is 5.97 Å². The average molecular weight is 195 g/mol. The van der Waals surface area contributed by atoms with E-state index < -0.39 is 0 Å². The Hall–Kier alpha value is -1.32. The Labute approximate surface area is 82.2 Å². The van der Waals surface area contributed by atoms with Crippen molar-refractivity contribution in [2.45, 2.75) is 32.6 Å². The standard InChI is InChI=1S/C10H13NO3/c1-2-13-10(12)9-7-5-3-4-6-8(7)14-11-9/h2-6H2,1H3. The van der Waals surface area contributed by atoms with E-state index in [0.29, 0.717) is 12.3 Å². The lowest BCUT2D eigenvalue weighted by Crippen LogP contribution is -2.10. The lowest BCUT2D eigenvalue weighted by atomic mass is 9.96. The molecule has 1 aromatic heterocycles. The van der Waals surface area contributed by atoms with E-state index in [1.165, 1.54) is 0 Å². The van der Waals surface area contributed by atoms with Crippen LogP contribution in [-0.2, 0) is 17.6 Å². The highest BCUT2D eigenvalue weighted by molar-refractivity contribution is 5.89. The van der Waals surface area contributed by atoms with E-state index in [1.54, 1.807) is 6.92 Å². The van der Waals surface area contributed by atoms with Gasteiger partial charge in [0.15, 0.2) is 5.69 Å². The van der Waals surface area contributed by atoms with Crippen LogP contribution in [0.3, 0.4) is 0 Å². The summed E-state index contributed by atoms with van der Waals surface area (Å²) in [6, 6.07) is 0. The van der Waals surface area contributed by atoms with E-state index >= 15 is 0 Å². The number of nitrogens with zero attached hydrogens (tertiary/aromatic N) is 1. The van der Waals surface area contributed by atoms with Gasteiger partial charge in [-0.2, -0.15) is 0 Å². The number of fused-ring (bicyclic) bond motifs is 1. The number of hydrogen-bond acceptors (Lipinski definition) is 4. The molecule has 1 heterocycles. The second kappa shape index (κ2) is 3.82. The molecule has 0 saturated carbocycles. The van der Waals surface area contributed by atoms with Crippen molar-refractivity contribution in [3.63, 3.8) is 0 Å². The van der Waals surface area contributed by atoms with Crippen molar-refractivity contribution in [3.05, 3.63) is 17.0 Å². The highest BCUT2D eigenvalue weighted by Crippen LogP contribution is 2.24. The Kier molecular flexibility index (Phi) is 2.52. The predicted molar refractivity (Wildman–Crippen MR) is 49.1 cm³/mol. The molecule has 1 aliphatic rings. The van der Waals surface area contributed by atoms with Crippen LogP contribution < -0.4 is 0 Å². The van der Waals surface area contributed by atoms with Crippen molar-refractivity contribution < 1.29 is 14.1 Å². The fourth-order valence-electron chi connectivity index (χ4n) is 1.74. The monoisotopic (exact) mass is 195 g/mol. The number of rotatable bonds is 2. The molecule has 14 heavy (non-hydrogen) atoms. The number of carbonyl (C=O) groups is 1. The molecule has 1 aromatic rings.